The van der Waals surface area contributed by atoms with Crippen molar-refractivity contribution in [3.63, 3.8) is 0 Å². The van der Waals surface area contributed by atoms with E-state index < -0.39 is 0 Å². The fraction of sp³-hybridized carbons (Fsp3) is 0.208. The van der Waals surface area contributed by atoms with Gasteiger partial charge in [0.2, 0.25) is 0 Å². The van der Waals surface area contributed by atoms with Gasteiger partial charge in [-0.3, -0.25) is 4.79 Å². The molecular weight excluding hydrogens is 332 g/mol. The molecule has 2 aromatic rings. The second kappa shape index (κ2) is 7.85. The van der Waals surface area contributed by atoms with Crippen LogP contribution in [-0.4, -0.2) is 5.78 Å². The molecule has 3 rings (SSSR count). The summed E-state index contributed by atoms with van der Waals surface area (Å²) in [6.07, 6.45) is 1.59. The van der Waals surface area contributed by atoms with Gasteiger partial charge in [-0.25, -0.2) is 0 Å². The third-order valence-corrected chi connectivity index (χ3v) is 5.28. The van der Waals surface area contributed by atoms with Gasteiger partial charge in [0.15, 0.2) is 5.78 Å². The highest BCUT2D eigenvalue weighted by Gasteiger charge is 2.36. The molecule has 2 aromatic carbocycles. The SMILES string of the molecule is C=C(C(C)=O)[C@H](c1ccccc1)C1CCc2ccccc2C1=C(C#N)C#N. The van der Waals surface area contributed by atoms with Crippen molar-refractivity contribution in [1.29, 1.82) is 10.5 Å². The fourth-order valence-electron chi connectivity index (χ4n) is 4.01. The smallest absolute Gasteiger partial charge is 0.155 e. The minimum atomic E-state index is -0.260. The zero-order chi connectivity index (χ0) is 19.4. The van der Waals surface area contributed by atoms with Gasteiger partial charge in [-0.1, -0.05) is 61.2 Å². The zero-order valence-electron chi connectivity index (χ0n) is 15.3. The first-order chi connectivity index (χ1) is 13.1. The molecule has 0 aliphatic heterocycles. The monoisotopic (exact) mass is 352 g/mol. The van der Waals surface area contributed by atoms with Crippen molar-refractivity contribution in [2.75, 3.05) is 0 Å². The summed E-state index contributed by atoms with van der Waals surface area (Å²) in [7, 11) is 0. The van der Waals surface area contributed by atoms with E-state index >= 15 is 0 Å². The van der Waals surface area contributed by atoms with Crippen LogP contribution in [0, 0.1) is 28.6 Å². The van der Waals surface area contributed by atoms with Crippen LogP contribution in [0.3, 0.4) is 0 Å². The third kappa shape index (κ3) is 3.46. The molecule has 0 spiro atoms. The maximum atomic E-state index is 12.2. The first kappa shape index (κ1) is 18.4. The van der Waals surface area contributed by atoms with E-state index in [0.717, 1.165) is 35.1 Å². The fourth-order valence-corrected chi connectivity index (χ4v) is 4.01. The number of carbonyl (C=O) groups excluding carboxylic acids is 1. The van der Waals surface area contributed by atoms with E-state index in [1.807, 2.05) is 54.6 Å². The van der Waals surface area contributed by atoms with Crippen LogP contribution in [0.5, 0.6) is 0 Å². The Morgan fingerprint density at radius 2 is 1.70 bits per heavy atom. The Balaban J connectivity index is 2.24. The van der Waals surface area contributed by atoms with Gasteiger partial charge in [-0.15, -0.1) is 0 Å². The molecule has 0 aromatic heterocycles. The normalized spacial score (nSPS) is 16.4. The molecule has 0 N–H and O–H groups in total. The van der Waals surface area contributed by atoms with E-state index in [0.29, 0.717) is 5.57 Å². The predicted octanol–water partition coefficient (Wildman–Crippen LogP) is 4.98. The number of aryl methyl sites for hydroxylation is 1. The highest BCUT2D eigenvalue weighted by Crippen LogP contribution is 2.47. The molecular formula is C24H20N2O. The Labute approximate surface area is 159 Å². The number of benzene rings is 2. The van der Waals surface area contributed by atoms with Crippen molar-refractivity contribution < 1.29 is 4.79 Å². The first-order valence-electron chi connectivity index (χ1n) is 8.95. The van der Waals surface area contributed by atoms with Gasteiger partial charge in [0.1, 0.15) is 17.7 Å². The number of fused-ring (bicyclic) bond motifs is 1. The highest BCUT2D eigenvalue weighted by molar-refractivity contribution is 5.95. The molecule has 3 nitrogen and oxygen atoms in total. The Kier molecular flexibility index (Phi) is 5.34. The summed E-state index contributed by atoms with van der Waals surface area (Å²) in [5.41, 5.74) is 4.41. The average molecular weight is 352 g/mol. The summed E-state index contributed by atoms with van der Waals surface area (Å²) in [6, 6.07) is 21.8. The highest BCUT2D eigenvalue weighted by atomic mass is 16.1. The van der Waals surface area contributed by atoms with E-state index in [1.54, 1.807) is 0 Å². The zero-order valence-corrected chi connectivity index (χ0v) is 15.3. The Bertz CT molecular complexity index is 987. The number of Topliss-reactive ketones (excluding diaryl/α,β-unsaturated/α-hetero) is 1. The molecule has 0 bridgehead atoms. The van der Waals surface area contributed by atoms with E-state index in [2.05, 4.69) is 18.7 Å². The van der Waals surface area contributed by atoms with Gasteiger partial charge in [0.25, 0.3) is 0 Å². The molecule has 0 saturated carbocycles. The van der Waals surface area contributed by atoms with Gasteiger partial charge < -0.3 is 0 Å². The molecule has 1 aliphatic rings. The molecule has 3 heteroatoms. The second-order valence-electron chi connectivity index (χ2n) is 6.78. The van der Waals surface area contributed by atoms with Crippen LogP contribution in [-0.2, 0) is 11.2 Å². The first-order valence-corrected chi connectivity index (χ1v) is 8.95. The topological polar surface area (TPSA) is 64.7 Å². The number of ketones is 1. The molecule has 1 aliphatic carbocycles. The molecule has 0 radical (unpaired) electrons. The maximum Gasteiger partial charge on any atom is 0.155 e. The van der Waals surface area contributed by atoms with Crippen LogP contribution in [0.4, 0.5) is 0 Å². The number of hydrogen-bond donors (Lipinski definition) is 0. The molecule has 0 fully saturated rings. The van der Waals surface area contributed by atoms with E-state index in [1.165, 1.54) is 6.92 Å². The van der Waals surface area contributed by atoms with Gasteiger partial charge in [-0.2, -0.15) is 10.5 Å². The van der Waals surface area contributed by atoms with Crippen LogP contribution < -0.4 is 0 Å². The number of nitriles is 2. The van der Waals surface area contributed by atoms with Crippen LogP contribution in [0.25, 0.3) is 5.57 Å². The standard InChI is InChI=1S/C24H20N2O/c1-16(17(2)27)23(19-9-4-3-5-10-19)22-13-12-18-8-6-7-11-21(18)24(22)20(14-25)15-26/h3-11,22-23H,1,12-13H2,2H3/t22?,23-/m1/s1. The van der Waals surface area contributed by atoms with Crippen molar-refractivity contribution in [3.8, 4) is 12.1 Å². The van der Waals surface area contributed by atoms with Gasteiger partial charge >= 0.3 is 0 Å². The summed E-state index contributed by atoms with van der Waals surface area (Å²) >= 11 is 0. The summed E-state index contributed by atoms with van der Waals surface area (Å²) in [5.74, 6) is -0.478. The summed E-state index contributed by atoms with van der Waals surface area (Å²) < 4.78 is 0. The number of nitrogens with zero attached hydrogens (tertiary/aromatic N) is 2. The lowest BCUT2D eigenvalue weighted by Crippen LogP contribution is -2.24. The number of allylic oxidation sites excluding steroid dienone is 3. The van der Waals surface area contributed by atoms with Crippen molar-refractivity contribution in [1.82, 2.24) is 0 Å². The molecule has 1 unspecified atom stereocenters. The lowest BCUT2D eigenvalue weighted by molar-refractivity contribution is -0.113. The van der Waals surface area contributed by atoms with Gasteiger partial charge in [-0.05, 0) is 53.5 Å². The number of rotatable bonds is 4. The van der Waals surface area contributed by atoms with E-state index in [4.69, 9.17) is 0 Å². The molecule has 0 amide bonds. The van der Waals surface area contributed by atoms with Crippen molar-refractivity contribution in [2.24, 2.45) is 5.92 Å². The van der Waals surface area contributed by atoms with Gasteiger partial charge in [0.05, 0.1) is 0 Å². The number of hydrogen-bond acceptors (Lipinski definition) is 3. The minimum Gasteiger partial charge on any atom is -0.295 e. The van der Waals surface area contributed by atoms with Crippen molar-refractivity contribution >= 4 is 11.4 Å². The van der Waals surface area contributed by atoms with Crippen molar-refractivity contribution in [3.05, 3.63) is 89.0 Å². The second-order valence-corrected chi connectivity index (χ2v) is 6.78. The summed E-state index contributed by atoms with van der Waals surface area (Å²) in [6.45, 7) is 5.59. The van der Waals surface area contributed by atoms with Crippen LogP contribution >= 0.6 is 0 Å². The van der Waals surface area contributed by atoms with E-state index in [9.17, 15) is 15.3 Å². The lowest BCUT2D eigenvalue weighted by Gasteiger charge is -2.35. The Morgan fingerprint density at radius 3 is 2.33 bits per heavy atom. The minimum absolute atomic E-state index is 0.0717. The number of carbonyl (C=O) groups is 1. The summed E-state index contributed by atoms with van der Waals surface area (Å²) in [5, 5.41) is 19.2. The Hall–Kier alpha value is -3.43. The van der Waals surface area contributed by atoms with Gasteiger partial charge in [0, 0.05) is 5.92 Å². The van der Waals surface area contributed by atoms with Crippen LogP contribution in [0.15, 0.2) is 72.3 Å². The van der Waals surface area contributed by atoms with E-state index in [-0.39, 0.29) is 23.2 Å². The molecule has 132 valence electrons. The predicted molar refractivity (Wildman–Crippen MR) is 105 cm³/mol. The third-order valence-electron chi connectivity index (χ3n) is 5.28. The Morgan fingerprint density at radius 1 is 1.07 bits per heavy atom. The molecule has 2 atom stereocenters. The molecule has 27 heavy (non-hydrogen) atoms. The average Bonchev–Trinajstić information content (AvgIpc) is 2.70. The quantitative estimate of drug-likeness (QED) is 0.576. The molecule has 0 saturated heterocycles. The maximum absolute atomic E-state index is 12.2. The lowest BCUT2D eigenvalue weighted by atomic mass is 9.67. The van der Waals surface area contributed by atoms with Crippen molar-refractivity contribution in [2.45, 2.75) is 25.7 Å². The van der Waals surface area contributed by atoms with Crippen LogP contribution in [0.2, 0.25) is 0 Å². The van der Waals surface area contributed by atoms with Crippen LogP contribution in [0.1, 0.15) is 36.0 Å². The summed E-state index contributed by atoms with van der Waals surface area (Å²) in [4.78, 5) is 12.2. The largest absolute Gasteiger partial charge is 0.295 e. The molecule has 0 heterocycles.